The Balaban J connectivity index is 1.98. The maximum absolute atomic E-state index is 12.3. The van der Waals surface area contributed by atoms with E-state index in [2.05, 4.69) is 6.92 Å². The molecule has 4 heteroatoms. The summed E-state index contributed by atoms with van der Waals surface area (Å²) >= 11 is 0. The SMILES string of the molecule is CCC1OCCC1C(=O)N(CCO)C1CC1. The van der Waals surface area contributed by atoms with Crippen molar-refractivity contribution in [2.24, 2.45) is 5.92 Å². The van der Waals surface area contributed by atoms with Gasteiger partial charge in [0.15, 0.2) is 0 Å². The Bertz CT molecular complexity index is 249. The van der Waals surface area contributed by atoms with E-state index in [0.717, 1.165) is 25.7 Å². The molecule has 0 bridgehead atoms. The quantitative estimate of drug-likeness (QED) is 0.755. The van der Waals surface area contributed by atoms with E-state index in [1.807, 2.05) is 4.90 Å². The fourth-order valence-corrected chi connectivity index (χ4v) is 2.51. The highest BCUT2D eigenvalue weighted by Crippen LogP contribution is 2.32. The lowest BCUT2D eigenvalue weighted by Crippen LogP contribution is -2.42. The number of carbonyl (C=O) groups excluding carboxylic acids is 1. The van der Waals surface area contributed by atoms with Crippen molar-refractivity contribution < 1.29 is 14.6 Å². The van der Waals surface area contributed by atoms with Crippen LogP contribution < -0.4 is 0 Å². The molecule has 0 radical (unpaired) electrons. The van der Waals surface area contributed by atoms with E-state index in [1.54, 1.807) is 0 Å². The molecule has 2 aliphatic rings. The van der Waals surface area contributed by atoms with E-state index in [-0.39, 0.29) is 24.5 Å². The monoisotopic (exact) mass is 227 g/mol. The van der Waals surface area contributed by atoms with Crippen LogP contribution in [0.4, 0.5) is 0 Å². The third kappa shape index (κ3) is 2.38. The molecular formula is C12H21NO3. The molecule has 1 N–H and O–H groups in total. The van der Waals surface area contributed by atoms with Crippen LogP contribution in [0.25, 0.3) is 0 Å². The Hall–Kier alpha value is -0.610. The Labute approximate surface area is 96.6 Å². The maximum Gasteiger partial charge on any atom is 0.228 e. The molecular weight excluding hydrogens is 206 g/mol. The molecule has 2 fully saturated rings. The molecule has 2 atom stereocenters. The van der Waals surface area contributed by atoms with Crippen molar-refractivity contribution in [1.29, 1.82) is 0 Å². The molecule has 0 aromatic rings. The third-order valence-electron chi connectivity index (χ3n) is 3.54. The molecule has 1 saturated heterocycles. The maximum atomic E-state index is 12.3. The van der Waals surface area contributed by atoms with Gasteiger partial charge in [0.25, 0.3) is 0 Å². The van der Waals surface area contributed by atoms with Crippen LogP contribution in [0, 0.1) is 5.92 Å². The van der Waals surface area contributed by atoms with Crippen molar-refractivity contribution in [3.8, 4) is 0 Å². The van der Waals surface area contributed by atoms with Crippen molar-refractivity contribution in [1.82, 2.24) is 4.90 Å². The fourth-order valence-electron chi connectivity index (χ4n) is 2.51. The smallest absolute Gasteiger partial charge is 0.228 e. The van der Waals surface area contributed by atoms with Gasteiger partial charge in [-0.1, -0.05) is 6.92 Å². The van der Waals surface area contributed by atoms with Crippen LogP contribution in [0.5, 0.6) is 0 Å². The average Bonchev–Trinajstić information content (AvgIpc) is 3.01. The number of nitrogens with zero attached hydrogens (tertiary/aromatic N) is 1. The number of ether oxygens (including phenoxy) is 1. The summed E-state index contributed by atoms with van der Waals surface area (Å²) in [6.45, 7) is 3.30. The van der Waals surface area contributed by atoms with E-state index in [1.165, 1.54) is 0 Å². The molecule has 1 aliphatic heterocycles. The summed E-state index contributed by atoms with van der Waals surface area (Å²) in [7, 11) is 0. The molecule has 1 saturated carbocycles. The molecule has 0 aromatic carbocycles. The highest BCUT2D eigenvalue weighted by molar-refractivity contribution is 5.80. The Morgan fingerprint density at radius 1 is 1.44 bits per heavy atom. The lowest BCUT2D eigenvalue weighted by molar-refractivity contribution is -0.138. The molecule has 2 rings (SSSR count). The number of amides is 1. The van der Waals surface area contributed by atoms with Gasteiger partial charge in [-0.15, -0.1) is 0 Å². The summed E-state index contributed by atoms with van der Waals surface area (Å²) < 4.78 is 5.55. The first-order valence-corrected chi connectivity index (χ1v) is 6.30. The normalized spacial score (nSPS) is 29.4. The van der Waals surface area contributed by atoms with Gasteiger partial charge in [-0.05, 0) is 25.7 Å². The van der Waals surface area contributed by atoms with Gasteiger partial charge in [0.1, 0.15) is 0 Å². The van der Waals surface area contributed by atoms with Crippen LogP contribution in [0.2, 0.25) is 0 Å². The van der Waals surface area contributed by atoms with E-state index in [9.17, 15) is 4.79 Å². The summed E-state index contributed by atoms with van der Waals surface area (Å²) in [5.41, 5.74) is 0. The van der Waals surface area contributed by atoms with Gasteiger partial charge in [0.2, 0.25) is 5.91 Å². The lowest BCUT2D eigenvalue weighted by atomic mass is 9.98. The zero-order valence-electron chi connectivity index (χ0n) is 9.89. The number of hydrogen-bond acceptors (Lipinski definition) is 3. The third-order valence-corrected chi connectivity index (χ3v) is 3.54. The molecule has 1 aliphatic carbocycles. The second kappa shape index (κ2) is 5.15. The first-order chi connectivity index (χ1) is 7.77. The molecule has 2 unspecified atom stereocenters. The predicted octanol–water partition coefficient (Wildman–Crippen LogP) is 0.785. The minimum absolute atomic E-state index is 0.0251. The number of rotatable bonds is 5. The average molecular weight is 227 g/mol. The van der Waals surface area contributed by atoms with E-state index < -0.39 is 0 Å². The number of aliphatic hydroxyl groups excluding tert-OH is 1. The molecule has 4 nitrogen and oxygen atoms in total. The second-order valence-corrected chi connectivity index (χ2v) is 4.70. The van der Waals surface area contributed by atoms with Crippen molar-refractivity contribution in [3.63, 3.8) is 0 Å². The van der Waals surface area contributed by atoms with Gasteiger partial charge in [0.05, 0.1) is 18.6 Å². The first-order valence-electron chi connectivity index (χ1n) is 6.30. The molecule has 1 amide bonds. The van der Waals surface area contributed by atoms with Crippen molar-refractivity contribution >= 4 is 5.91 Å². The van der Waals surface area contributed by atoms with E-state index >= 15 is 0 Å². The zero-order valence-corrected chi connectivity index (χ0v) is 9.89. The van der Waals surface area contributed by atoms with E-state index in [0.29, 0.717) is 19.2 Å². The largest absolute Gasteiger partial charge is 0.395 e. The first kappa shape index (κ1) is 11.9. The Morgan fingerprint density at radius 3 is 2.75 bits per heavy atom. The van der Waals surface area contributed by atoms with Crippen LogP contribution in [-0.2, 0) is 9.53 Å². The fraction of sp³-hybridized carbons (Fsp3) is 0.917. The summed E-state index contributed by atoms with van der Waals surface area (Å²) in [6, 6.07) is 0.387. The minimum Gasteiger partial charge on any atom is -0.395 e. The predicted molar refractivity (Wildman–Crippen MR) is 60.0 cm³/mol. The van der Waals surface area contributed by atoms with Gasteiger partial charge in [0, 0.05) is 19.2 Å². The van der Waals surface area contributed by atoms with Crippen LogP contribution in [0.1, 0.15) is 32.6 Å². The molecule has 0 aromatic heterocycles. The highest BCUT2D eigenvalue weighted by Gasteiger charge is 2.40. The van der Waals surface area contributed by atoms with Crippen LogP contribution >= 0.6 is 0 Å². The number of aliphatic hydroxyl groups is 1. The summed E-state index contributed by atoms with van der Waals surface area (Å²) in [5.74, 6) is 0.220. The number of carbonyl (C=O) groups is 1. The van der Waals surface area contributed by atoms with E-state index in [4.69, 9.17) is 9.84 Å². The lowest BCUT2D eigenvalue weighted by Gasteiger charge is -2.26. The Morgan fingerprint density at radius 2 is 2.19 bits per heavy atom. The topological polar surface area (TPSA) is 49.8 Å². The van der Waals surface area contributed by atoms with Gasteiger partial charge < -0.3 is 14.7 Å². The van der Waals surface area contributed by atoms with Gasteiger partial charge >= 0.3 is 0 Å². The van der Waals surface area contributed by atoms with Crippen LogP contribution in [0.15, 0.2) is 0 Å². The molecule has 1 heterocycles. The number of hydrogen-bond donors (Lipinski definition) is 1. The van der Waals surface area contributed by atoms with Gasteiger partial charge in [-0.25, -0.2) is 0 Å². The van der Waals surface area contributed by atoms with Crippen molar-refractivity contribution in [3.05, 3.63) is 0 Å². The van der Waals surface area contributed by atoms with Crippen molar-refractivity contribution in [2.45, 2.75) is 44.8 Å². The molecule has 92 valence electrons. The molecule has 16 heavy (non-hydrogen) atoms. The summed E-state index contributed by atoms with van der Waals surface area (Å²) in [4.78, 5) is 14.2. The van der Waals surface area contributed by atoms with Crippen molar-refractivity contribution in [2.75, 3.05) is 19.8 Å². The Kier molecular flexibility index (Phi) is 3.82. The summed E-state index contributed by atoms with van der Waals surface area (Å²) in [6.07, 6.45) is 4.01. The zero-order chi connectivity index (χ0) is 11.5. The second-order valence-electron chi connectivity index (χ2n) is 4.70. The summed E-state index contributed by atoms with van der Waals surface area (Å²) in [5, 5.41) is 9.00. The molecule has 0 spiro atoms. The van der Waals surface area contributed by atoms with Gasteiger partial charge in [-0.2, -0.15) is 0 Å². The van der Waals surface area contributed by atoms with Crippen LogP contribution in [-0.4, -0.2) is 47.8 Å². The van der Waals surface area contributed by atoms with Gasteiger partial charge in [-0.3, -0.25) is 4.79 Å². The van der Waals surface area contributed by atoms with Crippen LogP contribution in [0.3, 0.4) is 0 Å². The standard InChI is InChI=1S/C12H21NO3/c1-2-11-10(5-8-16-11)12(15)13(6-7-14)9-3-4-9/h9-11,14H,2-8H2,1H3. The highest BCUT2D eigenvalue weighted by atomic mass is 16.5. The minimum atomic E-state index is 0.0251.